The Labute approximate surface area is 140 Å². The number of anilines is 1. The van der Waals surface area contributed by atoms with E-state index in [1.54, 1.807) is 30.3 Å². The van der Waals surface area contributed by atoms with E-state index in [9.17, 15) is 4.79 Å². The monoisotopic (exact) mass is 337 g/mol. The summed E-state index contributed by atoms with van der Waals surface area (Å²) in [7, 11) is 0. The third-order valence-corrected chi connectivity index (χ3v) is 3.84. The molecule has 0 aliphatic heterocycles. The van der Waals surface area contributed by atoms with E-state index in [4.69, 9.17) is 27.9 Å². The molecule has 2 aromatic carbocycles. The second-order valence-corrected chi connectivity index (χ2v) is 6.73. The molecule has 116 valence electrons. The van der Waals surface area contributed by atoms with Gasteiger partial charge in [-0.2, -0.15) is 0 Å². The third kappa shape index (κ3) is 4.39. The van der Waals surface area contributed by atoms with Gasteiger partial charge in [-0.15, -0.1) is 0 Å². The van der Waals surface area contributed by atoms with E-state index in [1.165, 1.54) is 5.56 Å². The van der Waals surface area contributed by atoms with Gasteiger partial charge in [0.25, 0.3) is 0 Å². The van der Waals surface area contributed by atoms with Crippen molar-refractivity contribution in [3.63, 3.8) is 0 Å². The Morgan fingerprint density at radius 2 is 1.64 bits per heavy atom. The lowest BCUT2D eigenvalue weighted by atomic mass is 9.87. The smallest absolute Gasteiger partial charge is 0.410 e. The average molecular weight is 338 g/mol. The minimum Gasteiger partial charge on any atom is -0.410 e. The van der Waals surface area contributed by atoms with Crippen molar-refractivity contribution in [1.82, 2.24) is 0 Å². The minimum atomic E-state index is -0.582. The van der Waals surface area contributed by atoms with Crippen molar-refractivity contribution in [3.8, 4) is 5.75 Å². The highest BCUT2D eigenvalue weighted by Crippen LogP contribution is 2.26. The number of ether oxygens (including phenoxy) is 1. The Hall–Kier alpha value is -1.71. The molecule has 1 amide bonds. The van der Waals surface area contributed by atoms with Crippen molar-refractivity contribution in [2.45, 2.75) is 26.2 Å². The van der Waals surface area contributed by atoms with Crippen LogP contribution >= 0.6 is 23.2 Å². The number of amides is 1. The van der Waals surface area contributed by atoms with Crippen LogP contribution in [0, 0.1) is 0 Å². The Morgan fingerprint density at radius 3 is 2.18 bits per heavy atom. The van der Waals surface area contributed by atoms with Crippen molar-refractivity contribution < 1.29 is 9.53 Å². The Kier molecular flexibility index (Phi) is 4.99. The van der Waals surface area contributed by atoms with Gasteiger partial charge in [-0.25, -0.2) is 4.79 Å². The summed E-state index contributed by atoms with van der Waals surface area (Å²) in [5, 5.41) is 3.40. The zero-order valence-corrected chi connectivity index (χ0v) is 14.1. The topological polar surface area (TPSA) is 38.3 Å². The van der Waals surface area contributed by atoms with Crippen molar-refractivity contribution in [1.29, 1.82) is 0 Å². The molecule has 0 saturated carbocycles. The van der Waals surface area contributed by atoms with Crippen LogP contribution in [0.2, 0.25) is 10.0 Å². The number of carbonyl (C=O) groups is 1. The van der Waals surface area contributed by atoms with Crippen LogP contribution in [-0.4, -0.2) is 6.09 Å². The fourth-order valence-corrected chi connectivity index (χ4v) is 2.15. The van der Waals surface area contributed by atoms with Gasteiger partial charge < -0.3 is 4.74 Å². The number of rotatable bonds is 2. The zero-order chi connectivity index (χ0) is 16.3. The molecule has 5 heteroatoms. The second kappa shape index (κ2) is 6.59. The number of hydrogen-bond donors (Lipinski definition) is 1. The van der Waals surface area contributed by atoms with Crippen LogP contribution in [0.5, 0.6) is 5.75 Å². The van der Waals surface area contributed by atoms with Gasteiger partial charge in [-0.05, 0) is 41.3 Å². The minimum absolute atomic E-state index is 0.0564. The summed E-state index contributed by atoms with van der Waals surface area (Å²) in [6.45, 7) is 6.37. The first-order chi connectivity index (χ1) is 10.3. The number of carbonyl (C=O) groups excluding carboxylic acids is 1. The second-order valence-electron chi connectivity index (χ2n) is 5.92. The largest absolute Gasteiger partial charge is 0.417 e. The summed E-state index contributed by atoms with van der Waals surface area (Å²) in [5.74, 6) is 0.477. The van der Waals surface area contributed by atoms with Gasteiger partial charge in [0, 0.05) is 5.69 Å². The summed E-state index contributed by atoms with van der Waals surface area (Å²) < 4.78 is 5.23. The highest BCUT2D eigenvalue weighted by Gasteiger charge is 2.13. The van der Waals surface area contributed by atoms with Crippen LogP contribution in [0.15, 0.2) is 42.5 Å². The van der Waals surface area contributed by atoms with Gasteiger partial charge in [-0.3, -0.25) is 5.32 Å². The summed E-state index contributed by atoms with van der Waals surface area (Å²) in [6, 6.07) is 12.3. The molecule has 0 bridgehead atoms. The molecular formula is C17H17Cl2NO2. The van der Waals surface area contributed by atoms with Gasteiger partial charge in [-0.1, -0.05) is 56.1 Å². The maximum absolute atomic E-state index is 11.9. The normalized spacial score (nSPS) is 11.1. The molecule has 2 rings (SSSR count). The summed E-state index contributed by atoms with van der Waals surface area (Å²) in [6.07, 6.45) is -0.582. The van der Waals surface area contributed by atoms with E-state index >= 15 is 0 Å². The highest BCUT2D eigenvalue weighted by atomic mass is 35.5. The van der Waals surface area contributed by atoms with E-state index in [0.29, 0.717) is 21.5 Å². The molecule has 0 unspecified atom stereocenters. The Bertz CT molecular complexity index is 676. The van der Waals surface area contributed by atoms with Gasteiger partial charge in [0.2, 0.25) is 0 Å². The summed E-state index contributed by atoms with van der Waals surface area (Å²) in [5.41, 5.74) is 1.75. The molecule has 0 aromatic heterocycles. The summed E-state index contributed by atoms with van der Waals surface area (Å²) >= 11 is 11.7. The van der Waals surface area contributed by atoms with Crippen LogP contribution < -0.4 is 10.1 Å². The van der Waals surface area contributed by atoms with Crippen LogP contribution in [-0.2, 0) is 5.41 Å². The predicted molar refractivity (Wildman–Crippen MR) is 91.3 cm³/mol. The summed E-state index contributed by atoms with van der Waals surface area (Å²) in [4.78, 5) is 11.9. The first-order valence-corrected chi connectivity index (χ1v) is 7.56. The molecular weight excluding hydrogens is 321 g/mol. The van der Waals surface area contributed by atoms with Crippen molar-refractivity contribution in [2.24, 2.45) is 0 Å². The van der Waals surface area contributed by atoms with Gasteiger partial charge in [0.05, 0.1) is 10.0 Å². The number of hydrogen-bond acceptors (Lipinski definition) is 2. The highest BCUT2D eigenvalue weighted by molar-refractivity contribution is 6.42. The van der Waals surface area contributed by atoms with E-state index < -0.39 is 6.09 Å². The number of benzene rings is 2. The SMILES string of the molecule is CC(C)(C)c1ccc(OC(=O)Nc2ccc(Cl)c(Cl)c2)cc1. The molecule has 0 saturated heterocycles. The van der Waals surface area contributed by atoms with E-state index in [-0.39, 0.29) is 5.41 Å². The number of halogens is 2. The maximum atomic E-state index is 11.9. The molecule has 0 heterocycles. The van der Waals surface area contributed by atoms with E-state index in [1.807, 2.05) is 12.1 Å². The quantitative estimate of drug-likeness (QED) is 0.740. The third-order valence-electron chi connectivity index (χ3n) is 3.10. The molecule has 3 nitrogen and oxygen atoms in total. The fourth-order valence-electron chi connectivity index (χ4n) is 1.85. The van der Waals surface area contributed by atoms with E-state index in [0.717, 1.165) is 0 Å². The maximum Gasteiger partial charge on any atom is 0.417 e. The molecule has 0 atom stereocenters. The van der Waals surface area contributed by atoms with Gasteiger partial charge in [0.15, 0.2) is 0 Å². The lowest BCUT2D eigenvalue weighted by Gasteiger charge is -2.19. The van der Waals surface area contributed by atoms with Crippen molar-refractivity contribution >= 4 is 35.0 Å². The van der Waals surface area contributed by atoms with Crippen molar-refractivity contribution in [2.75, 3.05) is 5.32 Å². The van der Waals surface area contributed by atoms with Crippen LogP contribution in [0.3, 0.4) is 0 Å². The van der Waals surface area contributed by atoms with Gasteiger partial charge in [0.1, 0.15) is 5.75 Å². The molecule has 0 aliphatic carbocycles. The first-order valence-electron chi connectivity index (χ1n) is 6.80. The molecule has 2 aromatic rings. The lowest BCUT2D eigenvalue weighted by molar-refractivity contribution is 0.215. The molecule has 0 spiro atoms. The van der Waals surface area contributed by atoms with Crippen LogP contribution in [0.25, 0.3) is 0 Å². The van der Waals surface area contributed by atoms with E-state index in [2.05, 4.69) is 26.1 Å². The molecule has 1 N–H and O–H groups in total. The lowest BCUT2D eigenvalue weighted by Crippen LogP contribution is -2.17. The molecule has 0 aliphatic rings. The molecule has 0 radical (unpaired) electrons. The Balaban J connectivity index is 2.01. The van der Waals surface area contributed by atoms with Crippen LogP contribution in [0.4, 0.5) is 10.5 Å². The fraction of sp³-hybridized carbons (Fsp3) is 0.235. The zero-order valence-electron chi connectivity index (χ0n) is 12.6. The number of nitrogens with one attached hydrogen (secondary N) is 1. The standard InChI is InChI=1S/C17H17Cl2NO2/c1-17(2,3)11-4-7-13(8-5-11)22-16(21)20-12-6-9-14(18)15(19)10-12/h4-10H,1-3H3,(H,20,21). The average Bonchev–Trinajstić information content (AvgIpc) is 2.42. The molecule has 0 fully saturated rings. The van der Waals surface area contributed by atoms with Gasteiger partial charge >= 0.3 is 6.09 Å². The Morgan fingerprint density at radius 1 is 1.00 bits per heavy atom. The first kappa shape index (κ1) is 16.7. The predicted octanol–water partition coefficient (Wildman–Crippen LogP) is 5.90. The molecule has 22 heavy (non-hydrogen) atoms. The van der Waals surface area contributed by atoms with Crippen LogP contribution in [0.1, 0.15) is 26.3 Å². The van der Waals surface area contributed by atoms with Crippen molar-refractivity contribution in [3.05, 3.63) is 58.1 Å².